The molecule has 0 saturated heterocycles. The lowest BCUT2D eigenvalue weighted by molar-refractivity contribution is 0.741. The van der Waals surface area contributed by atoms with E-state index in [1.54, 1.807) is 0 Å². The zero-order valence-corrected chi connectivity index (χ0v) is 27.8. The van der Waals surface area contributed by atoms with Crippen LogP contribution in [0.2, 0.25) is 0 Å². The number of anilines is 1. The maximum Gasteiger partial charge on any atom is 0.112 e. The zero-order valence-electron chi connectivity index (χ0n) is 27.8. The van der Waals surface area contributed by atoms with Gasteiger partial charge >= 0.3 is 0 Å². The molecule has 3 aliphatic rings. The van der Waals surface area contributed by atoms with E-state index in [2.05, 4.69) is 140 Å². The van der Waals surface area contributed by atoms with Gasteiger partial charge < -0.3 is 11.5 Å². The van der Waals surface area contributed by atoms with Crippen molar-refractivity contribution in [2.24, 2.45) is 21.9 Å². The highest BCUT2D eigenvalue weighted by Crippen LogP contribution is 2.46. The van der Waals surface area contributed by atoms with E-state index in [0.29, 0.717) is 11.4 Å². The van der Waals surface area contributed by atoms with Crippen LogP contribution >= 0.6 is 0 Å². The van der Waals surface area contributed by atoms with Gasteiger partial charge in [0.2, 0.25) is 0 Å². The zero-order chi connectivity index (χ0) is 34.0. The molecular weight excluding hydrogens is 609 g/mol. The summed E-state index contributed by atoms with van der Waals surface area (Å²) in [5, 5.41) is 17.2. The van der Waals surface area contributed by atoms with Gasteiger partial charge in [-0.1, -0.05) is 128 Å². The Kier molecular flexibility index (Phi) is 8.27. The van der Waals surface area contributed by atoms with Crippen LogP contribution in [-0.2, 0) is 0 Å². The van der Waals surface area contributed by atoms with E-state index in [0.717, 1.165) is 46.4 Å². The van der Waals surface area contributed by atoms with Crippen molar-refractivity contribution >= 4 is 44.6 Å². The summed E-state index contributed by atoms with van der Waals surface area (Å²) in [7, 11) is 0. The van der Waals surface area contributed by atoms with Crippen LogP contribution in [0, 0.1) is 5.92 Å². The van der Waals surface area contributed by atoms with E-state index in [1.165, 1.54) is 43.8 Å². The van der Waals surface area contributed by atoms with Gasteiger partial charge in [0.05, 0.1) is 11.4 Å². The van der Waals surface area contributed by atoms with Crippen LogP contribution in [0.15, 0.2) is 186 Å². The van der Waals surface area contributed by atoms with Crippen LogP contribution in [0.4, 0.5) is 11.4 Å². The van der Waals surface area contributed by atoms with Crippen molar-refractivity contribution in [3.63, 3.8) is 0 Å². The van der Waals surface area contributed by atoms with Gasteiger partial charge in [-0.2, -0.15) is 5.11 Å². The first-order valence-corrected chi connectivity index (χ1v) is 17.2. The monoisotopic (exact) mass is 646 g/mol. The van der Waals surface area contributed by atoms with Gasteiger partial charge in [-0.05, 0) is 115 Å². The maximum absolute atomic E-state index is 7.07. The summed E-state index contributed by atoms with van der Waals surface area (Å²) < 4.78 is 0. The molecule has 0 amide bonds. The minimum absolute atomic E-state index is 0.00170. The molecule has 4 nitrogen and oxygen atoms in total. The molecule has 8 rings (SSSR count). The molecule has 0 radical (unpaired) electrons. The van der Waals surface area contributed by atoms with E-state index >= 15 is 0 Å². The summed E-state index contributed by atoms with van der Waals surface area (Å²) in [6, 6.07) is 32.5. The minimum atomic E-state index is -0.00170. The number of rotatable bonds is 7. The number of allylic oxidation sites excluding steroid dienone is 12. The molecule has 0 aliphatic heterocycles. The third kappa shape index (κ3) is 5.65. The Morgan fingerprint density at radius 1 is 0.840 bits per heavy atom. The summed E-state index contributed by atoms with van der Waals surface area (Å²) in [6.07, 6.45) is 24.3. The van der Waals surface area contributed by atoms with Crippen LogP contribution in [0.3, 0.4) is 0 Å². The molecule has 0 heterocycles. The predicted octanol–water partition coefficient (Wildman–Crippen LogP) is 9.99. The van der Waals surface area contributed by atoms with E-state index in [-0.39, 0.29) is 11.8 Å². The van der Waals surface area contributed by atoms with Crippen molar-refractivity contribution in [3.05, 3.63) is 191 Å². The number of fused-ring (bicyclic) bond motifs is 5. The lowest BCUT2D eigenvalue weighted by atomic mass is 9.74. The minimum Gasteiger partial charge on any atom is -0.405 e. The highest BCUT2D eigenvalue weighted by atomic mass is 15.1. The summed E-state index contributed by atoms with van der Waals surface area (Å²) in [5.41, 5.74) is 21.5. The number of azo groups is 1. The molecule has 242 valence electrons. The van der Waals surface area contributed by atoms with Gasteiger partial charge in [0, 0.05) is 11.8 Å². The second kappa shape index (κ2) is 13.3. The maximum atomic E-state index is 7.07. The molecule has 50 heavy (non-hydrogen) atoms. The van der Waals surface area contributed by atoms with Crippen molar-refractivity contribution in [1.82, 2.24) is 0 Å². The Labute approximate surface area is 292 Å². The smallest absolute Gasteiger partial charge is 0.112 e. The number of nitrogen functional groups attached to an aromatic ring is 1. The topological polar surface area (TPSA) is 76.8 Å². The molecule has 0 bridgehead atoms. The second-order valence-corrected chi connectivity index (χ2v) is 12.9. The number of hydrogen-bond acceptors (Lipinski definition) is 4. The van der Waals surface area contributed by atoms with Crippen LogP contribution in [0.5, 0.6) is 0 Å². The summed E-state index contributed by atoms with van der Waals surface area (Å²) >= 11 is 0. The van der Waals surface area contributed by atoms with Crippen molar-refractivity contribution in [2.45, 2.75) is 18.8 Å². The molecule has 0 saturated carbocycles. The number of benzene rings is 5. The predicted molar refractivity (Wildman–Crippen MR) is 211 cm³/mol. The highest BCUT2D eigenvalue weighted by Gasteiger charge is 2.29. The Hall–Kier alpha value is -6.26. The van der Waals surface area contributed by atoms with E-state index < -0.39 is 0 Å². The molecular formula is C46H38N4. The highest BCUT2D eigenvalue weighted by molar-refractivity contribution is 6.14. The van der Waals surface area contributed by atoms with Gasteiger partial charge in [0.15, 0.2) is 0 Å². The number of hydrogen-bond donors (Lipinski definition) is 2. The SMILES string of the molecule is C=C/C(=C\C=C/N)C1=CCCC(N=Nc2c(N)cc(-c3cc4ccccc4c4ccccc34)cc2C2C=c3ccccc3=C3C=CC=CC32)=C1. The summed E-state index contributed by atoms with van der Waals surface area (Å²) in [5.74, 6) is 0.129. The first kappa shape index (κ1) is 31.0. The van der Waals surface area contributed by atoms with E-state index in [4.69, 9.17) is 21.7 Å². The van der Waals surface area contributed by atoms with Gasteiger partial charge in [0.1, 0.15) is 5.69 Å². The fourth-order valence-electron chi connectivity index (χ4n) is 7.65. The molecule has 0 aromatic heterocycles. The fraction of sp³-hybridized carbons (Fsp3) is 0.0870. The molecule has 0 spiro atoms. The lowest BCUT2D eigenvalue weighted by Gasteiger charge is -2.30. The van der Waals surface area contributed by atoms with Crippen molar-refractivity contribution in [2.75, 3.05) is 5.73 Å². The molecule has 4 N–H and O–H groups in total. The summed E-state index contributed by atoms with van der Waals surface area (Å²) in [6.45, 7) is 4.00. The third-order valence-electron chi connectivity index (χ3n) is 9.99. The molecule has 0 fully saturated rings. The molecule has 5 aromatic rings. The standard InChI is InChI=1S/C46H38N4/c1-2-30(16-12-24-47)31-15-11-17-35(25-31)49-50-46-44(43-27-33-14-4-6-19-37(33)39-21-8-10-23-41(39)43)28-34(29-45(46)48)42-26-32-13-3-5-18-36(32)38-20-7-9-22-40(38)42/h2-10,12-16,18-29,41,43H,1,11,17,47-48H2/b24-12-,30-16+,50-49?. The Balaban J connectivity index is 1.33. The van der Waals surface area contributed by atoms with E-state index in [9.17, 15) is 0 Å². The van der Waals surface area contributed by atoms with Gasteiger partial charge in [-0.3, -0.25) is 0 Å². The molecule has 2 unspecified atom stereocenters. The Bertz CT molecular complexity index is 2540. The van der Waals surface area contributed by atoms with E-state index in [1.807, 2.05) is 18.2 Å². The fourth-order valence-corrected chi connectivity index (χ4v) is 7.65. The molecule has 2 atom stereocenters. The largest absolute Gasteiger partial charge is 0.405 e. The Morgan fingerprint density at radius 2 is 1.64 bits per heavy atom. The van der Waals surface area contributed by atoms with Gasteiger partial charge in [-0.25, -0.2) is 0 Å². The molecule has 5 aromatic carbocycles. The second-order valence-electron chi connectivity index (χ2n) is 12.9. The van der Waals surface area contributed by atoms with Crippen LogP contribution < -0.4 is 21.9 Å². The van der Waals surface area contributed by atoms with Crippen molar-refractivity contribution < 1.29 is 0 Å². The first-order chi connectivity index (χ1) is 24.6. The lowest BCUT2D eigenvalue weighted by Crippen LogP contribution is -2.35. The molecule has 4 heteroatoms. The third-order valence-corrected chi connectivity index (χ3v) is 9.99. The first-order valence-electron chi connectivity index (χ1n) is 17.2. The number of nitrogens with zero attached hydrogens (tertiary/aromatic N) is 2. The van der Waals surface area contributed by atoms with Gasteiger partial charge in [0.25, 0.3) is 0 Å². The van der Waals surface area contributed by atoms with Crippen LogP contribution in [0.25, 0.3) is 44.3 Å². The normalized spacial score (nSPS) is 18.6. The average molecular weight is 647 g/mol. The van der Waals surface area contributed by atoms with Crippen LogP contribution in [-0.4, -0.2) is 0 Å². The van der Waals surface area contributed by atoms with Crippen molar-refractivity contribution in [1.29, 1.82) is 0 Å². The van der Waals surface area contributed by atoms with Crippen molar-refractivity contribution in [3.8, 4) is 11.1 Å². The Morgan fingerprint density at radius 3 is 2.50 bits per heavy atom. The van der Waals surface area contributed by atoms with Crippen LogP contribution in [0.1, 0.15) is 24.3 Å². The molecule has 3 aliphatic carbocycles. The quantitative estimate of drug-likeness (QED) is 0.0799. The van der Waals surface area contributed by atoms with Gasteiger partial charge in [-0.15, -0.1) is 5.11 Å². The number of nitrogens with two attached hydrogens (primary N) is 2. The average Bonchev–Trinajstić information content (AvgIpc) is 3.17. The summed E-state index contributed by atoms with van der Waals surface area (Å²) in [4.78, 5) is 0.